The van der Waals surface area contributed by atoms with Gasteiger partial charge in [0.15, 0.2) is 10.9 Å². The molecule has 0 saturated carbocycles. The van der Waals surface area contributed by atoms with Crippen LogP contribution in [0.25, 0.3) is 10.2 Å². The van der Waals surface area contributed by atoms with Crippen LogP contribution in [0, 0.1) is 18.6 Å². The summed E-state index contributed by atoms with van der Waals surface area (Å²) < 4.78 is 28.1. The lowest BCUT2D eigenvalue weighted by Crippen LogP contribution is -2.32. The van der Waals surface area contributed by atoms with Gasteiger partial charge in [-0.05, 0) is 37.3 Å². The first-order chi connectivity index (χ1) is 14.5. The molecule has 0 radical (unpaired) electrons. The Morgan fingerprint density at radius 1 is 1.13 bits per heavy atom. The number of aromatic nitrogens is 2. The smallest absolute Gasteiger partial charge is 0.239 e. The summed E-state index contributed by atoms with van der Waals surface area (Å²) in [6, 6.07) is 15.4. The monoisotopic (exact) mass is 441 g/mol. The van der Waals surface area contributed by atoms with Gasteiger partial charge in [-0.3, -0.25) is 14.7 Å². The molecule has 0 saturated heterocycles. The Morgan fingerprint density at radius 2 is 1.93 bits per heavy atom. The van der Waals surface area contributed by atoms with Crippen LogP contribution in [0.2, 0.25) is 0 Å². The Morgan fingerprint density at radius 3 is 2.67 bits per heavy atom. The van der Waals surface area contributed by atoms with E-state index in [4.69, 9.17) is 0 Å². The number of carbonyl (C=O) groups excluding carboxylic acids is 1. The molecule has 4 aromatic rings. The highest BCUT2D eigenvalue weighted by molar-refractivity contribution is 8.00. The number of pyridine rings is 1. The Labute approximate surface area is 180 Å². The molecule has 0 fully saturated rings. The predicted octanol–water partition coefficient (Wildman–Crippen LogP) is 5.60. The number of fused-ring (bicyclic) bond motifs is 1. The van der Waals surface area contributed by atoms with Gasteiger partial charge in [0.1, 0.15) is 11.3 Å². The zero-order valence-corrected chi connectivity index (χ0v) is 17.6. The maximum Gasteiger partial charge on any atom is 0.239 e. The van der Waals surface area contributed by atoms with Crippen molar-refractivity contribution >= 4 is 44.4 Å². The van der Waals surface area contributed by atoms with Crippen molar-refractivity contribution in [1.82, 2.24) is 9.97 Å². The van der Waals surface area contributed by atoms with Crippen molar-refractivity contribution in [1.29, 1.82) is 0 Å². The van der Waals surface area contributed by atoms with Crippen molar-refractivity contribution in [3.8, 4) is 0 Å². The van der Waals surface area contributed by atoms with Gasteiger partial charge in [-0.1, -0.05) is 35.1 Å². The standard InChI is InChI=1S/C22H17F2N3OS2/c1-14-5-7-17(8-6-14)29-13-20(28)27(12-16-4-2-3-9-25-16)22-26-21-18(24)10-15(23)11-19(21)30-22/h2-11H,12-13H2,1H3. The molecule has 0 aliphatic carbocycles. The molecule has 2 aromatic carbocycles. The van der Waals surface area contributed by atoms with Crippen molar-refractivity contribution in [2.24, 2.45) is 0 Å². The molecule has 8 heteroatoms. The third-order valence-corrected chi connectivity index (χ3v) is 6.39. The van der Waals surface area contributed by atoms with Gasteiger partial charge in [-0.2, -0.15) is 0 Å². The number of thioether (sulfide) groups is 1. The van der Waals surface area contributed by atoms with Gasteiger partial charge in [0.05, 0.1) is 22.7 Å². The molecule has 0 aliphatic heterocycles. The number of carbonyl (C=O) groups is 1. The summed E-state index contributed by atoms with van der Waals surface area (Å²) >= 11 is 2.50. The third kappa shape index (κ3) is 4.66. The summed E-state index contributed by atoms with van der Waals surface area (Å²) in [4.78, 5) is 24.1. The molecule has 2 aromatic heterocycles. The maximum atomic E-state index is 14.1. The van der Waals surface area contributed by atoms with E-state index in [-0.39, 0.29) is 23.7 Å². The average molecular weight is 442 g/mol. The van der Waals surface area contributed by atoms with E-state index < -0.39 is 11.6 Å². The lowest BCUT2D eigenvalue weighted by Gasteiger charge is -2.19. The van der Waals surface area contributed by atoms with Crippen molar-refractivity contribution in [3.63, 3.8) is 0 Å². The Hall–Kier alpha value is -2.84. The van der Waals surface area contributed by atoms with E-state index in [9.17, 15) is 13.6 Å². The number of rotatable bonds is 6. The van der Waals surface area contributed by atoms with Crippen LogP contribution in [-0.4, -0.2) is 21.6 Å². The van der Waals surface area contributed by atoms with Gasteiger partial charge < -0.3 is 0 Å². The molecule has 152 valence electrons. The van der Waals surface area contributed by atoms with Crippen LogP contribution < -0.4 is 4.90 Å². The predicted molar refractivity (Wildman–Crippen MR) is 117 cm³/mol. The first-order valence-corrected chi connectivity index (χ1v) is 10.9. The van der Waals surface area contributed by atoms with Crippen LogP contribution in [0.3, 0.4) is 0 Å². The van der Waals surface area contributed by atoms with E-state index in [1.54, 1.807) is 18.3 Å². The van der Waals surface area contributed by atoms with Gasteiger partial charge in [0.2, 0.25) is 5.91 Å². The molecular formula is C22H17F2N3OS2. The molecule has 0 aliphatic rings. The van der Waals surface area contributed by atoms with E-state index in [2.05, 4.69) is 9.97 Å². The van der Waals surface area contributed by atoms with Crippen molar-refractivity contribution in [2.45, 2.75) is 18.4 Å². The fourth-order valence-electron chi connectivity index (χ4n) is 2.83. The third-order valence-electron chi connectivity index (χ3n) is 4.36. The molecule has 0 atom stereocenters. The Bertz CT molecular complexity index is 1180. The van der Waals surface area contributed by atoms with Crippen LogP contribution in [0.15, 0.2) is 65.7 Å². The van der Waals surface area contributed by atoms with Gasteiger partial charge in [0, 0.05) is 17.2 Å². The Balaban J connectivity index is 1.63. The number of hydrogen-bond acceptors (Lipinski definition) is 5. The number of anilines is 1. The zero-order chi connectivity index (χ0) is 21.1. The highest BCUT2D eigenvalue weighted by Gasteiger charge is 2.22. The second-order valence-electron chi connectivity index (χ2n) is 6.63. The highest BCUT2D eigenvalue weighted by Crippen LogP contribution is 2.32. The Kier molecular flexibility index (Phi) is 6.06. The number of benzene rings is 2. The molecule has 30 heavy (non-hydrogen) atoms. The minimum atomic E-state index is -0.744. The maximum absolute atomic E-state index is 14.1. The SMILES string of the molecule is Cc1ccc(SCC(=O)N(Cc2ccccn2)c2nc3c(F)cc(F)cc3s2)cc1. The van der Waals surface area contributed by atoms with Gasteiger partial charge in [-0.15, -0.1) is 11.8 Å². The van der Waals surface area contributed by atoms with E-state index in [0.29, 0.717) is 15.5 Å². The highest BCUT2D eigenvalue weighted by atomic mass is 32.2. The summed E-state index contributed by atoms with van der Waals surface area (Å²) in [7, 11) is 0. The topological polar surface area (TPSA) is 46.1 Å². The molecule has 0 N–H and O–H groups in total. The molecule has 0 spiro atoms. The van der Waals surface area contributed by atoms with Crippen LogP contribution in [0.4, 0.5) is 13.9 Å². The molecule has 1 amide bonds. The van der Waals surface area contributed by atoms with Crippen molar-refractivity contribution < 1.29 is 13.6 Å². The molecule has 2 heterocycles. The van der Waals surface area contributed by atoms with Crippen molar-refractivity contribution in [2.75, 3.05) is 10.7 Å². The zero-order valence-electron chi connectivity index (χ0n) is 16.0. The van der Waals surface area contributed by atoms with Crippen molar-refractivity contribution in [3.05, 3.63) is 83.7 Å². The number of aryl methyl sites for hydroxylation is 1. The normalized spacial score (nSPS) is 11.0. The molecule has 4 nitrogen and oxygen atoms in total. The number of thiazole rings is 1. The summed E-state index contributed by atoms with van der Waals surface area (Å²) in [5.41, 5.74) is 1.88. The lowest BCUT2D eigenvalue weighted by molar-refractivity contribution is -0.116. The first kappa shape index (κ1) is 20.4. The summed E-state index contributed by atoms with van der Waals surface area (Å²) in [5, 5.41) is 0.314. The largest absolute Gasteiger partial charge is 0.281 e. The summed E-state index contributed by atoms with van der Waals surface area (Å²) in [6.45, 7) is 2.20. The molecule has 0 bridgehead atoms. The fraction of sp³-hybridized carbons (Fsp3) is 0.136. The van der Waals surface area contributed by atoms with E-state index >= 15 is 0 Å². The number of halogens is 2. The van der Waals surface area contributed by atoms with E-state index in [1.807, 2.05) is 37.3 Å². The molecule has 0 unspecified atom stereocenters. The minimum Gasteiger partial charge on any atom is -0.281 e. The van der Waals surface area contributed by atoms with Crippen LogP contribution in [0.5, 0.6) is 0 Å². The van der Waals surface area contributed by atoms with Crippen LogP contribution in [0.1, 0.15) is 11.3 Å². The number of amides is 1. The second kappa shape index (κ2) is 8.89. The second-order valence-corrected chi connectivity index (χ2v) is 8.69. The van der Waals surface area contributed by atoms with Gasteiger partial charge in [-0.25, -0.2) is 13.8 Å². The van der Waals surface area contributed by atoms with Gasteiger partial charge in [0.25, 0.3) is 0 Å². The van der Waals surface area contributed by atoms with E-state index in [0.717, 1.165) is 27.9 Å². The molecular weight excluding hydrogens is 424 g/mol. The quantitative estimate of drug-likeness (QED) is 0.365. The number of hydrogen-bond donors (Lipinski definition) is 0. The van der Waals surface area contributed by atoms with Crippen LogP contribution in [-0.2, 0) is 11.3 Å². The number of nitrogens with zero attached hydrogens (tertiary/aromatic N) is 3. The fourth-order valence-corrected chi connectivity index (χ4v) is 4.63. The lowest BCUT2D eigenvalue weighted by atomic mass is 10.2. The molecule has 4 rings (SSSR count). The van der Waals surface area contributed by atoms with Crippen LogP contribution >= 0.6 is 23.1 Å². The summed E-state index contributed by atoms with van der Waals surface area (Å²) in [6.07, 6.45) is 1.65. The van der Waals surface area contributed by atoms with E-state index in [1.165, 1.54) is 22.7 Å². The minimum absolute atomic E-state index is 0.0569. The first-order valence-electron chi connectivity index (χ1n) is 9.15. The van der Waals surface area contributed by atoms with Gasteiger partial charge >= 0.3 is 0 Å². The average Bonchev–Trinajstić information content (AvgIpc) is 3.16. The summed E-state index contributed by atoms with van der Waals surface area (Å²) in [5.74, 6) is -1.42.